The number of nitro groups is 1. The Kier molecular flexibility index (Phi) is 4.75. The summed E-state index contributed by atoms with van der Waals surface area (Å²) in [6.45, 7) is 3.87. The van der Waals surface area contributed by atoms with Gasteiger partial charge in [0.15, 0.2) is 0 Å². The van der Waals surface area contributed by atoms with Gasteiger partial charge in [0.05, 0.1) is 4.92 Å². The maximum atomic E-state index is 12.3. The van der Waals surface area contributed by atoms with E-state index in [1.807, 2.05) is 13.8 Å². The second-order valence-electron chi connectivity index (χ2n) is 5.60. The maximum absolute atomic E-state index is 12.3. The molecule has 1 aliphatic rings. The van der Waals surface area contributed by atoms with Crippen LogP contribution in [0, 0.1) is 10.1 Å². The summed E-state index contributed by atoms with van der Waals surface area (Å²) in [4.78, 5) is 36.1. The molecule has 7 heteroatoms. The van der Waals surface area contributed by atoms with Crippen LogP contribution in [0.2, 0.25) is 0 Å². The fourth-order valence-corrected chi connectivity index (χ4v) is 2.79. The highest BCUT2D eigenvalue weighted by Crippen LogP contribution is 2.23. The number of carbonyl (C=O) groups is 2. The predicted octanol–water partition coefficient (Wildman–Crippen LogP) is 2.32. The van der Waals surface area contributed by atoms with E-state index in [-0.39, 0.29) is 17.8 Å². The van der Waals surface area contributed by atoms with Crippen LogP contribution in [0.1, 0.15) is 33.1 Å². The molecular weight excluding hydrogens is 286 g/mol. The summed E-state index contributed by atoms with van der Waals surface area (Å²) < 4.78 is 0. The van der Waals surface area contributed by atoms with Gasteiger partial charge in [0.25, 0.3) is 5.69 Å². The van der Waals surface area contributed by atoms with Crippen LogP contribution in [0.5, 0.6) is 0 Å². The van der Waals surface area contributed by atoms with E-state index in [0.717, 1.165) is 19.3 Å². The van der Waals surface area contributed by atoms with Gasteiger partial charge in [-0.05, 0) is 45.2 Å². The fraction of sp³-hybridized carbons (Fsp3) is 0.467. The Morgan fingerprint density at radius 1 is 1.18 bits per heavy atom. The Labute approximate surface area is 128 Å². The third kappa shape index (κ3) is 3.41. The molecule has 2 unspecified atom stereocenters. The Hall–Kier alpha value is -2.44. The quantitative estimate of drug-likeness (QED) is 0.515. The second-order valence-corrected chi connectivity index (χ2v) is 5.60. The Morgan fingerprint density at radius 3 is 2.23 bits per heavy atom. The van der Waals surface area contributed by atoms with Crippen molar-refractivity contribution in [1.29, 1.82) is 0 Å². The van der Waals surface area contributed by atoms with Crippen LogP contribution in [0.3, 0.4) is 0 Å². The molecule has 1 aromatic rings. The van der Waals surface area contributed by atoms with Crippen LogP contribution in [-0.4, -0.2) is 33.7 Å². The van der Waals surface area contributed by atoms with Crippen molar-refractivity contribution < 1.29 is 14.5 Å². The van der Waals surface area contributed by atoms with Crippen molar-refractivity contribution in [3.8, 4) is 0 Å². The van der Waals surface area contributed by atoms with E-state index in [9.17, 15) is 19.7 Å². The van der Waals surface area contributed by atoms with Crippen LogP contribution in [0.25, 0.3) is 0 Å². The number of hydrogen-bond donors (Lipinski definition) is 1. The van der Waals surface area contributed by atoms with Gasteiger partial charge in [-0.1, -0.05) is 0 Å². The lowest BCUT2D eigenvalue weighted by Crippen LogP contribution is -2.51. The average molecular weight is 305 g/mol. The highest BCUT2D eigenvalue weighted by Gasteiger charge is 2.32. The maximum Gasteiger partial charge on any atom is 0.313 e. The molecule has 2 rings (SSSR count). The van der Waals surface area contributed by atoms with Crippen molar-refractivity contribution in [2.45, 2.75) is 45.2 Å². The molecule has 118 valence electrons. The number of non-ortho nitro benzene ring substituents is 1. The van der Waals surface area contributed by atoms with Crippen molar-refractivity contribution >= 4 is 23.2 Å². The third-order valence-electron chi connectivity index (χ3n) is 3.96. The first-order valence-electron chi connectivity index (χ1n) is 7.28. The molecule has 7 nitrogen and oxygen atoms in total. The monoisotopic (exact) mass is 305 g/mol. The molecule has 1 heterocycles. The molecule has 1 aromatic carbocycles. The third-order valence-corrected chi connectivity index (χ3v) is 3.96. The predicted molar refractivity (Wildman–Crippen MR) is 81.3 cm³/mol. The van der Waals surface area contributed by atoms with Gasteiger partial charge in [0, 0.05) is 29.9 Å². The summed E-state index contributed by atoms with van der Waals surface area (Å²) >= 11 is 0. The SMILES string of the molecule is CC1CCCC(C)N1C(=O)C(=O)Nc1ccc([N+](=O)[O-])cc1. The van der Waals surface area contributed by atoms with Gasteiger partial charge in [-0.15, -0.1) is 0 Å². The first-order chi connectivity index (χ1) is 10.4. The molecule has 2 amide bonds. The number of rotatable bonds is 2. The molecule has 22 heavy (non-hydrogen) atoms. The van der Waals surface area contributed by atoms with Crippen LogP contribution in [0.15, 0.2) is 24.3 Å². The molecule has 1 fully saturated rings. The summed E-state index contributed by atoms with van der Waals surface area (Å²) in [7, 11) is 0. The zero-order valence-corrected chi connectivity index (χ0v) is 12.6. The Balaban J connectivity index is 2.04. The smallest absolute Gasteiger partial charge is 0.313 e. The molecule has 0 spiro atoms. The topological polar surface area (TPSA) is 92.6 Å². The molecule has 1 aliphatic heterocycles. The van der Waals surface area contributed by atoms with Gasteiger partial charge < -0.3 is 10.2 Å². The number of amides is 2. The number of hydrogen-bond acceptors (Lipinski definition) is 4. The van der Waals surface area contributed by atoms with Crippen molar-refractivity contribution in [2.24, 2.45) is 0 Å². The second kappa shape index (κ2) is 6.55. The zero-order valence-electron chi connectivity index (χ0n) is 12.6. The normalized spacial score (nSPS) is 21.3. The van der Waals surface area contributed by atoms with Crippen molar-refractivity contribution in [2.75, 3.05) is 5.32 Å². The van der Waals surface area contributed by atoms with Crippen LogP contribution in [0.4, 0.5) is 11.4 Å². The summed E-state index contributed by atoms with van der Waals surface area (Å²) in [5.41, 5.74) is 0.295. The number of likely N-dealkylation sites (tertiary alicyclic amines) is 1. The highest BCUT2D eigenvalue weighted by molar-refractivity contribution is 6.39. The molecule has 1 N–H and O–H groups in total. The lowest BCUT2D eigenvalue weighted by Gasteiger charge is -2.38. The Bertz CT molecular complexity index is 575. The fourth-order valence-electron chi connectivity index (χ4n) is 2.79. The minimum absolute atomic E-state index is 0.0406. The number of carbonyl (C=O) groups excluding carboxylic acids is 2. The lowest BCUT2D eigenvalue weighted by molar-refractivity contribution is -0.384. The molecule has 0 radical (unpaired) electrons. The van der Waals surface area contributed by atoms with Gasteiger partial charge >= 0.3 is 11.8 Å². The van der Waals surface area contributed by atoms with Gasteiger partial charge in [0.1, 0.15) is 0 Å². The van der Waals surface area contributed by atoms with Crippen LogP contribution >= 0.6 is 0 Å². The minimum Gasteiger partial charge on any atom is -0.329 e. The molecule has 0 bridgehead atoms. The molecular formula is C15H19N3O4. The summed E-state index contributed by atoms with van der Waals surface area (Å²) in [6.07, 6.45) is 2.83. The van der Waals surface area contributed by atoms with E-state index >= 15 is 0 Å². The highest BCUT2D eigenvalue weighted by atomic mass is 16.6. The first-order valence-corrected chi connectivity index (χ1v) is 7.28. The number of piperidine rings is 1. The number of nitrogens with one attached hydrogen (secondary N) is 1. The van der Waals surface area contributed by atoms with Crippen molar-refractivity contribution in [3.63, 3.8) is 0 Å². The van der Waals surface area contributed by atoms with E-state index in [2.05, 4.69) is 5.32 Å². The molecule has 1 saturated heterocycles. The number of nitrogens with zero attached hydrogens (tertiary/aromatic N) is 2. The van der Waals surface area contributed by atoms with Crippen LogP contribution < -0.4 is 5.32 Å². The first kappa shape index (κ1) is 15.9. The van der Waals surface area contributed by atoms with Crippen LogP contribution in [-0.2, 0) is 9.59 Å². The van der Waals surface area contributed by atoms with E-state index in [4.69, 9.17) is 0 Å². The molecule has 0 aliphatic carbocycles. The van der Waals surface area contributed by atoms with E-state index in [1.54, 1.807) is 4.90 Å². The zero-order chi connectivity index (χ0) is 16.3. The largest absolute Gasteiger partial charge is 0.329 e. The molecule has 0 aromatic heterocycles. The van der Waals surface area contributed by atoms with E-state index < -0.39 is 16.7 Å². The summed E-state index contributed by atoms with van der Waals surface area (Å²) in [5, 5.41) is 13.1. The van der Waals surface area contributed by atoms with Gasteiger partial charge in [-0.2, -0.15) is 0 Å². The lowest BCUT2D eigenvalue weighted by atomic mass is 9.97. The Morgan fingerprint density at radius 2 is 1.73 bits per heavy atom. The number of anilines is 1. The minimum atomic E-state index is -0.713. The standard InChI is InChI=1S/C15H19N3O4/c1-10-4-3-5-11(2)17(10)15(20)14(19)16-12-6-8-13(9-7-12)18(21)22/h6-11H,3-5H2,1-2H3,(H,16,19). The number of benzene rings is 1. The van der Waals surface area contributed by atoms with Gasteiger partial charge in [-0.3, -0.25) is 19.7 Å². The van der Waals surface area contributed by atoms with Crippen molar-refractivity contribution in [1.82, 2.24) is 4.90 Å². The van der Waals surface area contributed by atoms with Gasteiger partial charge in [0.2, 0.25) is 0 Å². The van der Waals surface area contributed by atoms with E-state index in [1.165, 1.54) is 24.3 Å². The molecule has 0 saturated carbocycles. The summed E-state index contributed by atoms with van der Waals surface area (Å²) in [5.74, 6) is -1.27. The summed E-state index contributed by atoms with van der Waals surface area (Å²) in [6, 6.07) is 5.47. The molecule has 2 atom stereocenters. The van der Waals surface area contributed by atoms with Crippen molar-refractivity contribution in [3.05, 3.63) is 34.4 Å². The van der Waals surface area contributed by atoms with Gasteiger partial charge in [-0.25, -0.2) is 0 Å². The number of nitro benzene ring substituents is 1. The average Bonchev–Trinajstić information content (AvgIpc) is 2.47. The van der Waals surface area contributed by atoms with E-state index in [0.29, 0.717) is 5.69 Å².